The minimum Gasteiger partial charge on any atom is -0.506 e. The van der Waals surface area contributed by atoms with Gasteiger partial charge in [0.1, 0.15) is 11.9 Å². The summed E-state index contributed by atoms with van der Waals surface area (Å²) < 4.78 is 5.82. The molecule has 0 bridgehead atoms. The minimum atomic E-state index is -0.783. The van der Waals surface area contributed by atoms with Gasteiger partial charge in [-0.25, -0.2) is 4.79 Å². The predicted molar refractivity (Wildman–Crippen MR) is 212 cm³/mol. The third kappa shape index (κ3) is 11.2. The lowest BCUT2D eigenvalue weighted by Gasteiger charge is -2.34. The van der Waals surface area contributed by atoms with Crippen molar-refractivity contribution in [1.82, 2.24) is 20.5 Å². The molecule has 11 nitrogen and oxygen atoms in total. The van der Waals surface area contributed by atoms with Crippen LogP contribution in [0, 0.1) is 5.92 Å². The highest BCUT2D eigenvalue weighted by Gasteiger charge is 2.26. The number of hydrogen-bond acceptors (Lipinski definition) is 8. The summed E-state index contributed by atoms with van der Waals surface area (Å²) in [6.07, 6.45) is 9.14. The van der Waals surface area contributed by atoms with Crippen molar-refractivity contribution in [3.63, 3.8) is 0 Å². The predicted octanol–water partition coefficient (Wildman–Crippen LogP) is 6.86. The van der Waals surface area contributed by atoms with Crippen molar-refractivity contribution >= 4 is 28.6 Å². The number of fused-ring (bicyclic) bond motifs is 1. The second-order valence-electron chi connectivity index (χ2n) is 14.9. The Kier molecular flexibility index (Phi) is 14.1. The number of aromatic nitrogens is 1. The van der Waals surface area contributed by atoms with Crippen LogP contribution in [0.4, 0.5) is 10.5 Å². The van der Waals surface area contributed by atoms with Crippen molar-refractivity contribution in [2.45, 2.75) is 88.9 Å². The number of para-hydroxylation sites is 1. The van der Waals surface area contributed by atoms with E-state index >= 15 is 0 Å². The van der Waals surface area contributed by atoms with Gasteiger partial charge in [-0.05, 0) is 106 Å². The van der Waals surface area contributed by atoms with E-state index in [0.29, 0.717) is 35.3 Å². The van der Waals surface area contributed by atoms with Crippen molar-refractivity contribution in [2.24, 2.45) is 5.92 Å². The van der Waals surface area contributed by atoms with E-state index < -0.39 is 12.2 Å². The molecule has 6 N–H and O–H groups in total. The van der Waals surface area contributed by atoms with Gasteiger partial charge in [-0.1, -0.05) is 61.0 Å². The largest absolute Gasteiger partial charge is 0.506 e. The monoisotopic (exact) mass is 737 g/mol. The molecule has 1 saturated carbocycles. The molecule has 288 valence electrons. The molecule has 1 aliphatic carbocycles. The number of phenols is 1. The Hall–Kier alpha value is -4.71. The number of H-pyrrole nitrogens is 1. The number of piperidine rings is 1. The Morgan fingerprint density at radius 3 is 2.43 bits per heavy atom. The number of aromatic amines is 1. The van der Waals surface area contributed by atoms with Crippen molar-refractivity contribution in [2.75, 3.05) is 38.0 Å². The molecular formula is C43H55N5O6. The third-order valence-corrected chi connectivity index (χ3v) is 11.0. The SMILES string of the molecule is O=C(CCCCCNC[C@H](O)c1ccc(O)c2[nH]c(=O)ccc12)NC1CCC(CCN2CCC(OC(=O)Nc3ccccc3-c3ccccc3)CC2)CC1. The fourth-order valence-electron chi connectivity index (χ4n) is 7.87. The number of amides is 2. The van der Waals surface area contributed by atoms with E-state index in [2.05, 4.69) is 25.8 Å². The summed E-state index contributed by atoms with van der Waals surface area (Å²) in [6.45, 7) is 4.01. The summed E-state index contributed by atoms with van der Waals surface area (Å²) >= 11 is 0. The second-order valence-corrected chi connectivity index (χ2v) is 14.9. The number of hydrogen-bond donors (Lipinski definition) is 6. The smallest absolute Gasteiger partial charge is 0.411 e. The number of rotatable bonds is 16. The van der Waals surface area contributed by atoms with Gasteiger partial charge in [0, 0.05) is 49.1 Å². The van der Waals surface area contributed by atoms with Crippen LogP contribution in [0.3, 0.4) is 0 Å². The molecule has 1 saturated heterocycles. The van der Waals surface area contributed by atoms with Crippen LogP contribution in [0.1, 0.15) is 82.3 Å². The van der Waals surface area contributed by atoms with Gasteiger partial charge in [-0.15, -0.1) is 0 Å². The number of nitrogens with one attached hydrogen (secondary N) is 4. The van der Waals surface area contributed by atoms with Crippen LogP contribution in [0.25, 0.3) is 22.0 Å². The Morgan fingerprint density at radius 1 is 0.870 bits per heavy atom. The van der Waals surface area contributed by atoms with Crippen molar-refractivity contribution < 1.29 is 24.5 Å². The number of aromatic hydroxyl groups is 1. The summed E-state index contributed by atoms with van der Waals surface area (Å²) in [5.41, 5.74) is 3.43. The topological polar surface area (TPSA) is 156 Å². The zero-order chi connectivity index (χ0) is 37.7. The lowest BCUT2D eigenvalue weighted by molar-refractivity contribution is -0.122. The molecular weight excluding hydrogens is 683 g/mol. The zero-order valence-corrected chi connectivity index (χ0v) is 31.1. The molecule has 54 heavy (non-hydrogen) atoms. The molecule has 1 atom stereocenters. The standard InChI is InChI=1S/C43H55N5O6/c49-38-20-18-35(36-19-21-41(52)47-42(36)38)39(50)29-44-25-8-2-5-13-40(51)45-32-16-14-30(15-17-32)22-26-48-27-23-33(24-28-48)54-43(53)46-37-12-7-6-11-34(37)31-9-3-1-4-10-31/h1,3-4,6-7,9-12,18-21,30,32-33,39,44,49-50H,2,5,8,13-17,22-29H2,(H,45,51)(H,46,53)(H,47,52)/t30?,32?,39-/m0/s1. The van der Waals surface area contributed by atoms with E-state index in [0.717, 1.165) is 101 Å². The summed E-state index contributed by atoms with van der Waals surface area (Å²) in [6, 6.07) is 24.2. The Labute approximate surface area is 317 Å². The number of aliphatic hydroxyl groups excluding tert-OH is 1. The number of nitrogens with zero attached hydrogens (tertiary/aromatic N) is 1. The van der Waals surface area contributed by atoms with Crippen molar-refractivity contribution in [3.05, 3.63) is 94.8 Å². The molecule has 0 spiro atoms. The molecule has 4 aromatic rings. The van der Waals surface area contributed by atoms with Crippen LogP contribution < -0.4 is 21.5 Å². The fourth-order valence-corrected chi connectivity index (χ4v) is 7.87. The molecule has 6 rings (SSSR count). The molecule has 11 heteroatoms. The maximum absolute atomic E-state index is 12.8. The summed E-state index contributed by atoms with van der Waals surface area (Å²) in [5.74, 6) is 0.796. The summed E-state index contributed by atoms with van der Waals surface area (Å²) in [4.78, 5) is 42.2. The van der Waals surface area contributed by atoms with E-state index in [-0.39, 0.29) is 29.4 Å². The molecule has 0 unspecified atom stereocenters. The molecule has 0 radical (unpaired) electrons. The molecule has 2 aliphatic rings. The van der Waals surface area contributed by atoms with E-state index in [1.165, 1.54) is 18.6 Å². The molecule has 3 aromatic carbocycles. The van der Waals surface area contributed by atoms with Crippen molar-refractivity contribution in [3.8, 4) is 16.9 Å². The molecule has 2 heterocycles. The fraction of sp³-hybridized carbons (Fsp3) is 0.465. The zero-order valence-electron chi connectivity index (χ0n) is 31.1. The van der Waals surface area contributed by atoms with E-state index in [9.17, 15) is 24.6 Å². The van der Waals surface area contributed by atoms with Gasteiger partial charge in [0.2, 0.25) is 11.5 Å². The van der Waals surface area contributed by atoms with Gasteiger partial charge in [-0.2, -0.15) is 0 Å². The number of ether oxygens (including phenoxy) is 1. The quantitative estimate of drug-likeness (QED) is 0.0682. The van der Waals surface area contributed by atoms with E-state index in [4.69, 9.17) is 4.74 Å². The average molecular weight is 738 g/mol. The van der Waals surface area contributed by atoms with Crippen LogP contribution >= 0.6 is 0 Å². The number of pyridine rings is 1. The Morgan fingerprint density at radius 2 is 1.63 bits per heavy atom. The molecule has 2 amide bonds. The van der Waals surface area contributed by atoms with Crippen LogP contribution in [-0.4, -0.2) is 77.0 Å². The van der Waals surface area contributed by atoms with Gasteiger partial charge in [0.05, 0.1) is 17.3 Å². The minimum absolute atomic E-state index is 0.0267. The van der Waals surface area contributed by atoms with Crippen LogP contribution in [-0.2, 0) is 9.53 Å². The van der Waals surface area contributed by atoms with Gasteiger partial charge < -0.3 is 35.5 Å². The maximum atomic E-state index is 12.8. The number of aliphatic hydroxyl groups is 1. The number of unbranched alkanes of at least 4 members (excludes halogenated alkanes) is 2. The average Bonchev–Trinajstić information content (AvgIpc) is 3.18. The Balaban J connectivity index is 0.784. The first kappa shape index (κ1) is 39.0. The molecule has 1 aliphatic heterocycles. The maximum Gasteiger partial charge on any atom is 0.411 e. The first-order valence-corrected chi connectivity index (χ1v) is 19.7. The number of carbonyl (C=O) groups excluding carboxylic acids is 2. The molecule has 2 fully saturated rings. The third-order valence-electron chi connectivity index (χ3n) is 11.0. The van der Waals surface area contributed by atoms with Crippen LogP contribution in [0.2, 0.25) is 0 Å². The Bertz CT molecular complexity index is 1870. The van der Waals surface area contributed by atoms with Crippen LogP contribution in [0.15, 0.2) is 83.7 Å². The lowest BCUT2D eigenvalue weighted by atomic mass is 9.84. The molecule has 1 aromatic heterocycles. The number of anilines is 1. The number of phenolic OH excluding ortho intramolecular Hbond substituents is 1. The van der Waals surface area contributed by atoms with Gasteiger partial charge in [0.15, 0.2) is 0 Å². The van der Waals surface area contributed by atoms with Gasteiger partial charge in [0.25, 0.3) is 0 Å². The highest BCUT2D eigenvalue weighted by atomic mass is 16.6. The second kappa shape index (κ2) is 19.6. The summed E-state index contributed by atoms with van der Waals surface area (Å²) in [5, 5.41) is 30.9. The van der Waals surface area contributed by atoms with Crippen LogP contribution in [0.5, 0.6) is 5.75 Å². The van der Waals surface area contributed by atoms with E-state index in [1.807, 2.05) is 54.6 Å². The van der Waals surface area contributed by atoms with E-state index in [1.54, 1.807) is 12.1 Å². The highest BCUT2D eigenvalue weighted by molar-refractivity contribution is 5.91. The van der Waals surface area contributed by atoms with Gasteiger partial charge in [-0.3, -0.25) is 14.9 Å². The summed E-state index contributed by atoms with van der Waals surface area (Å²) in [7, 11) is 0. The number of carbonyl (C=O) groups is 2. The van der Waals surface area contributed by atoms with Crippen molar-refractivity contribution in [1.29, 1.82) is 0 Å². The van der Waals surface area contributed by atoms with Gasteiger partial charge >= 0.3 is 6.09 Å². The highest BCUT2D eigenvalue weighted by Crippen LogP contribution is 2.30. The first-order chi connectivity index (χ1) is 26.3. The number of benzene rings is 3. The lowest BCUT2D eigenvalue weighted by Crippen LogP contribution is -2.40. The number of likely N-dealkylation sites (tertiary alicyclic amines) is 1. The first-order valence-electron chi connectivity index (χ1n) is 19.7. The normalized spacial score (nSPS) is 18.6.